The lowest BCUT2D eigenvalue weighted by atomic mass is 10.2. The van der Waals surface area contributed by atoms with Gasteiger partial charge in [-0.1, -0.05) is 19.1 Å². The van der Waals surface area contributed by atoms with Crippen LogP contribution in [-0.2, 0) is 0 Å². The molecule has 4 nitrogen and oxygen atoms in total. The predicted molar refractivity (Wildman–Crippen MR) is 83.2 cm³/mol. The van der Waals surface area contributed by atoms with E-state index in [2.05, 4.69) is 29.8 Å². The number of guanidine groups is 1. The molecule has 1 atom stereocenters. The van der Waals surface area contributed by atoms with Crippen LogP contribution in [-0.4, -0.2) is 36.6 Å². The molecule has 4 heteroatoms. The number of hydrogen-bond donors (Lipinski definition) is 1. The summed E-state index contributed by atoms with van der Waals surface area (Å²) in [6, 6.07) is 8.70. The van der Waals surface area contributed by atoms with Crippen molar-refractivity contribution in [3.05, 3.63) is 29.8 Å². The molecule has 2 N–H and O–H groups in total. The quantitative estimate of drug-likeness (QED) is 0.641. The van der Waals surface area contributed by atoms with Gasteiger partial charge in [-0.15, -0.1) is 0 Å². The Hall–Kier alpha value is -1.71. The summed E-state index contributed by atoms with van der Waals surface area (Å²) in [6.45, 7) is 4.78. The molecule has 110 valence electrons. The number of rotatable bonds is 6. The molecule has 0 saturated heterocycles. The molecule has 20 heavy (non-hydrogen) atoms. The first kappa shape index (κ1) is 14.7. The van der Waals surface area contributed by atoms with E-state index in [0.717, 1.165) is 12.2 Å². The highest BCUT2D eigenvalue weighted by Gasteiger charge is 2.27. The van der Waals surface area contributed by atoms with Gasteiger partial charge in [0.25, 0.3) is 0 Å². The number of ether oxygens (including phenoxy) is 1. The van der Waals surface area contributed by atoms with E-state index < -0.39 is 0 Å². The van der Waals surface area contributed by atoms with E-state index in [4.69, 9.17) is 10.5 Å². The Morgan fingerprint density at radius 3 is 2.85 bits per heavy atom. The van der Waals surface area contributed by atoms with E-state index in [0.29, 0.717) is 18.5 Å². The van der Waals surface area contributed by atoms with Crippen LogP contribution in [0.15, 0.2) is 29.3 Å². The summed E-state index contributed by atoms with van der Waals surface area (Å²) in [5, 5.41) is 0. The lowest BCUT2D eigenvalue weighted by Gasteiger charge is -2.19. The maximum Gasteiger partial charge on any atom is 0.191 e. The molecule has 0 bridgehead atoms. The predicted octanol–water partition coefficient (Wildman–Crippen LogP) is 2.56. The Bertz CT molecular complexity index is 469. The van der Waals surface area contributed by atoms with Crippen LogP contribution in [0.25, 0.3) is 0 Å². The minimum absolute atomic E-state index is 0.0722. The SMILES string of the molecule is CCC(CN=C(N)N(C)C1CC1)Oc1cccc(C)c1. The summed E-state index contributed by atoms with van der Waals surface area (Å²) >= 11 is 0. The van der Waals surface area contributed by atoms with E-state index in [1.54, 1.807) is 0 Å². The first-order valence-electron chi connectivity index (χ1n) is 7.36. The Morgan fingerprint density at radius 1 is 1.50 bits per heavy atom. The van der Waals surface area contributed by atoms with Crippen LogP contribution < -0.4 is 10.5 Å². The minimum Gasteiger partial charge on any atom is -0.489 e. The van der Waals surface area contributed by atoms with Crippen molar-refractivity contribution in [2.45, 2.75) is 45.3 Å². The maximum absolute atomic E-state index is 6.00. The normalized spacial score (nSPS) is 16.9. The van der Waals surface area contributed by atoms with Crippen LogP contribution in [0.4, 0.5) is 0 Å². The lowest BCUT2D eigenvalue weighted by molar-refractivity contribution is 0.205. The summed E-state index contributed by atoms with van der Waals surface area (Å²) in [7, 11) is 2.01. The van der Waals surface area contributed by atoms with Crippen molar-refractivity contribution in [3.8, 4) is 5.75 Å². The highest BCUT2D eigenvalue weighted by atomic mass is 16.5. The highest BCUT2D eigenvalue weighted by molar-refractivity contribution is 5.78. The first-order chi connectivity index (χ1) is 9.60. The van der Waals surface area contributed by atoms with Crippen molar-refractivity contribution >= 4 is 5.96 Å². The Kier molecular flexibility index (Phi) is 4.88. The van der Waals surface area contributed by atoms with Crippen molar-refractivity contribution in [2.75, 3.05) is 13.6 Å². The van der Waals surface area contributed by atoms with Gasteiger partial charge in [0.05, 0.1) is 6.54 Å². The van der Waals surface area contributed by atoms with E-state index >= 15 is 0 Å². The molecule has 0 spiro atoms. The fraction of sp³-hybridized carbons (Fsp3) is 0.562. The fourth-order valence-corrected chi connectivity index (χ4v) is 2.09. The molecule has 0 amide bonds. The number of aliphatic imine (C=N–C) groups is 1. The smallest absolute Gasteiger partial charge is 0.191 e. The topological polar surface area (TPSA) is 50.8 Å². The monoisotopic (exact) mass is 275 g/mol. The van der Waals surface area contributed by atoms with Crippen molar-refractivity contribution < 1.29 is 4.74 Å². The molecule has 1 aliphatic carbocycles. The summed E-state index contributed by atoms with van der Waals surface area (Å²) in [5.74, 6) is 1.53. The average Bonchev–Trinajstić information content (AvgIpc) is 3.26. The van der Waals surface area contributed by atoms with E-state index in [1.807, 2.05) is 25.2 Å². The molecule has 0 aromatic heterocycles. The van der Waals surface area contributed by atoms with Gasteiger partial charge in [0.1, 0.15) is 11.9 Å². The van der Waals surface area contributed by atoms with Crippen LogP contribution in [0, 0.1) is 6.92 Å². The summed E-state index contributed by atoms with van der Waals surface area (Å²) in [5.41, 5.74) is 7.20. The lowest BCUT2D eigenvalue weighted by Crippen LogP contribution is -2.36. The van der Waals surface area contributed by atoms with Crippen LogP contribution >= 0.6 is 0 Å². The molecule has 1 aromatic carbocycles. The summed E-state index contributed by atoms with van der Waals surface area (Å²) in [4.78, 5) is 6.54. The summed E-state index contributed by atoms with van der Waals surface area (Å²) in [6.07, 6.45) is 3.44. The van der Waals surface area contributed by atoms with Crippen molar-refractivity contribution in [1.29, 1.82) is 0 Å². The van der Waals surface area contributed by atoms with Crippen molar-refractivity contribution in [3.63, 3.8) is 0 Å². The number of benzene rings is 1. The second-order valence-electron chi connectivity index (χ2n) is 5.51. The van der Waals surface area contributed by atoms with Crippen molar-refractivity contribution in [2.24, 2.45) is 10.7 Å². The van der Waals surface area contributed by atoms with Gasteiger partial charge in [0, 0.05) is 13.1 Å². The highest BCUT2D eigenvalue weighted by Crippen LogP contribution is 2.24. The molecule has 1 aliphatic rings. The second kappa shape index (κ2) is 6.64. The number of aryl methyl sites for hydroxylation is 1. The zero-order valence-corrected chi connectivity index (χ0v) is 12.7. The molecule has 0 heterocycles. The third-order valence-electron chi connectivity index (χ3n) is 3.66. The van der Waals surface area contributed by atoms with Gasteiger partial charge < -0.3 is 15.4 Å². The van der Waals surface area contributed by atoms with E-state index in [1.165, 1.54) is 18.4 Å². The third-order valence-corrected chi connectivity index (χ3v) is 3.66. The zero-order valence-electron chi connectivity index (χ0n) is 12.7. The van der Waals surface area contributed by atoms with Gasteiger partial charge in [-0.3, -0.25) is 0 Å². The minimum atomic E-state index is 0.0722. The van der Waals surface area contributed by atoms with Crippen LogP contribution in [0.2, 0.25) is 0 Å². The van der Waals surface area contributed by atoms with Crippen LogP contribution in [0.1, 0.15) is 31.7 Å². The van der Waals surface area contributed by atoms with E-state index in [9.17, 15) is 0 Å². The average molecular weight is 275 g/mol. The van der Waals surface area contributed by atoms with Gasteiger partial charge in [0.2, 0.25) is 0 Å². The molecule has 1 aromatic rings. The van der Waals surface area contributed by atoms with Crippen molar-refractivity contribution in [1.82, 2.24) is 4.90 Å². The largest absolute Gasteiger partial charge is 0.489 e. The summed E-state index contributed by atoms with van der Waals surface area (Å²) < 4.78 is 5.97. The molecule has 2 rings (SSSR count). The molecule has 1 saturated carbocycles. The number of nitrogens with zero attached hydrogens (tertiary/aromatic N) is 2. The number of hydrogen-bond acceptors (Lipinski definition) is 2. The van der Waals surface area contributed by atoms with Crippen LogP contribution in [0.5, 0.6) is 5.75 Å². The molecule has 0 aliphatic heterocycles. The van der Waals surface area contributed by atoms with Gasteiger partial charge in [-0.2, -0.15) is 0 Å². The fourth-order valence-electron chi connectivity index (χ4n) is 2.09. The van der Waals surface area contributed by atoms with Gasteiger partial charge in [-0.05, 0) is 43.9 Å². The van der Waals surface area contributed by atoms with Crippen LogP contribution in [0.3, 0.4) is 0 Å². The van der Waals surface area contributed by atoms with Gasteiger partial charge in [-0.25, -0.2) is 4.99 Å². The van der Waals surface area contributed by atoms with E-state index in [-0.39, 0.29) is 6.10 Å². The molecule has 0 radical (unpaired) electrons. The zero-order chi connectivity index (χ0) is 14.5. The molecular weight excluding hydrogens is 250 g/mol. The molecule has 1 unspecified atom stereocenters. The maximum atomic E-state index is 6.00. The second-order valence-corrected chi connectivity index (χ2v) is 5.51. The molecule has 1 fully saturated rings. The van der Waals surface area contributed by atoms with Gasteiger partial charge in [0.15, 0.2) is 5.96 Å². The first-order valence-corrected chi connectivity index (χ1v) is 7.36. The molecular formula is C16H25N3O. The van der Waals surface area contributed by atoms with Gasteiger partial charge >= 0.3 is 0 Å². The third kappa shape index (κ3) is 4.15. The Balaban J connectivity index is 1.90. The standard InChI is InChI=1S/C16H25N3O/c1-4-14(20-15-7-5-6-12(2)10-15)11-18-16(17)19(3)13-8-9-13/h5-7,10,13-14H,4,8-9,11H2,1-3H3,(H2,17,18). The number of nitrogens with two attached hydrogens (primary N) is 1. The Morgan fingerprint density at radius 2 is 2.25 bits per heavy atom. The Labute approximate surface area is 121 Å².